The van der Waals surface area contributed by atoms with Crippen LogP contribution in [-0.2, 0) is 20.7 Å². The Bertz CT molecular complexity index is 1070. The van der Waals surface area contributed by atoms with Gasteiger partial charge in [-0.3, -0.25) is 14.4 Å². The topological polar surface area (TPSA) is 72.5 Å². The van der Waals surface area contributed by atoms with Crippen LogP contribution in [0.1, 0.15) is 34.8 Å². The van der Waals surface area contributed by atoms with Crippen LogP contribution in [0, 0.1) is 5.92 Å². The molecule has 1 N–H and O–H groups in total. The number of carbonyl (C=O) groups is 3. The molecule has 164 valence electrons. The monoisotopic (exact) mass is 449 g/mol. The average Bonchev–Trinajstić information content (AvgIpc) is 2.80. The normalized spacial score (nSPS) is 12.4. The van der Waals surface area contributed by atoms with Gasteiger partial charge in [-0.1, -0.05) is 91.3 Å². The van der Waals surface area contributed by atoms with E-state index in [2.05, 4.69) is 5.32 Å². The summed E-state index contributed by atoms with van der Waals surface area (Å²) in [6, 6.07) is 24.9. The van der Waals surface area contributed by atoms with Crippen molar-refractivity contribution in [3.63, 3.8) is 0 Å². The van der Waals surface area contributed by atoms with E-state index in [4.69, 9.17) is 16.3 Å². The summed E-state index contributed by atoms with van der Waals surface area (Å²) < 4.78 is 5.31. The molecule has 0 saturated carbocycles. The highest BCUT2D eigenvalue weighted by Crippen LogP contribution is 2.21. The lowest BCUT2D eigenvalue weighted by atomic mass is 10.0. The molecule has 3 rings (SSSR count). The van der Waals surface area contributed by atoms with Crippen molar-refractivity contribution in [2.45, 2.75) is 25.3 Å². The summed E-state index contributed by atoms with van der Waals surface area (Å²) in [6.45, 7) is 1.72. The molecule has 3 aromatic carbocycles. The number of para-hydroxylation sites is 1. The molecule has 1 amide bonds. The predicted molar refractivity (Wildman–Crippen MR) is 125 cm³/mol. The Balaban J connectivity index is 1.69. The molecule has 0 bridgehead atoms. The van der Waals surface area contributed by atoms with Gasteiger partial charge in [-0.05, 0) is 24.1 Å². The molecule has 2 unspecified atom stereocenters. The number of hydrogen-bond donors (Lipinski definition) is 1. The third-order valence-corrected chi connectivity index (χ3v) is 5.20. The molecule has 0 aliphatic heterocycles. The number of halogens is 1. The smallest absolute Gasteiger partial charge is 0.319 e. The van der Waals surface area contributed by atoms with Gasteiger partial charge in [0.2, 0.25) is 5.91 Å². The largest absolute Gasteiger partial charge is 0.445 e. The fourth-order valence-electron chi connectivity index (χ4n) is 3.26. The van der Waals surface area contributed by atoms with E-state index < -0.39 is 23.4 Å². The van der Waals surface area contributed by atoms with Gasteiger partial charge >= 0.3 is 5.97 Å². The second-order valence-electron chi connectivity index (χ2n) is 7.23. The van der Waals surface area contributed by atoms with E-state index in [9.17, 15) is 14.4 Å². The van der Waals surface area contributed by atoms with E-state index in [0.717, 1.165) is 5.56 Å². The lowest BCUT2D eigenvalue weighted by Gasteiger charge is -2.18. The third-order valence-electron chi connectivity index (χ3n) is 4.96. The predicted octanol–water partition coefficient (Wildman–Crippen LogP) is 5.23. The molecule has 3 aromatic rings. The fourth-order valence-corrected chi connectivity index (χ4v) is 3.53. The van der Waals surface area contributed by atoms with Gasteiger partial charge in [0.05, 0.1) is 5.69 Å². The van der Waals surface area contributed by atoms with Crippen molar-refractivity contribution in [3.8, 4) is 0 Å². The van der Waals surface area contributed by atoms with Crippen LogP contribution in [-0.4, -0.2) is 23.2 Å². The maximum atomic E-state index is 12.9. The number of rotatable bonds is 9. The molecule has 0 aliphatic carbocycles. The van der Waals surface area contributed by atoms with Crippen LogP contribution in [0.3, 0.4) is 0 Å². The van der Waals surface area contributed by atoms with Crippen LogP contribution in [0.4, 0.5) is 5.69 Å². The van der Waals surface area contributed by atoms with Gasteiger partial charge in [0.1, 0.15) is 5.92 Å². The quantitative estimate of drug-likeness (QED) is 0.210. The molecular weight excluding hydrogens is 426 g/mol. The maximum absolute atomic E-state index is 12.9. The van der Waals surface area contributed by atoms with Crippen molar-refractivity contribution < 1.29 is 19.1 Å². The summed E-state index contributed by atoms with van der Waals surface area (Å²) in [7, 11) is 0. The number of alkyl halides is 1. The van der Waals surface area contributed by atoms with Crippen LogP contribution in [0.2, 0.25) is 0 Å². The van der Waals surface area contributed by atoms with Gasteiger partial charge in [0.25, 0.3) is 0 Å². The minimum Gasteiger partial charge on any atom is -0.445 e. The standard InChI is InChI=1S/C26H24ClNO4/c1-2-20(26(31)32-23(27)17-18-11-5-3-6-12-18)25(30)28-22-16-10-9-15-21(22)24(29)19-13-7-4-8-14-19/h3-16,20,23H,2,17H2,1H3,(H,28,30). The first kappa shape index (κ1) is 23.2. The van der Waals surface area contributed by atoms with Crippen molar-refractivity contribution in [3.05, 3.63) is 102 Å². The van der Waals surface area contributed by atoms with Crippen LogP contribution in [0.25, 0.3) is 0 Å². The minimum atomic E-state index is -1.05. The molecule has 0 fully saturated rings. The number of hydrogen-bond acceptors (Lipinski definition) is 4. The summed E-state index contributed by atoms with van der Waals surface area (Å²) in [6.07, 6.45) is 0.564. The molecule has 5 nitrogen and oxygen atoms in total. The van der Waals surface area contributed by atoms with E-state index >= 15 is 0 Å². The second-order valence-corrected chi connectivity index (χ2v) is 7.71. The minimum absolute atomic E-state index is 0.221. The molecule has 0 aromatic heterocycles. The van der Waals surface area contributed by atoms with Gasteiger partial charge in [-0.2, -0.15) is 0 Å². The summed E-state index contributed by atoms with van der Waals surface area (Å²) in [5.74, 6) is -2.52. The maximum Gasteiger partial charge on any atom is 0.319 e. The Labute approximate surface area is 192 Å². The molecule has 0 radical (unpaired) electrons. The zero-order valence-electron chi connectivity index (χ0n) is 17.7. The Morgan fingerprint density at radius 3 is 2.12 bits per heavy atom. The Morgan fingerprint density at radius 2 is 1.47 bits per heavy atom. The summed E-state index contributed by atoms with van der Waals surface area (Å²) in [5, 5.41) is 2.71. The molecule has 0 spiro atoms. The number of amides is 1. The van der Waals surface area contributed by atoms with Gasteiger partial charge in [0, 0.05) is 17.5 Å². The van der Waals surface area contributed by atoms with Crippen LogP contribution in [0.5, 0.6) is 0 Å². The SMILES string of the molecule is CCC(C(=O)Nc1ccccc1C(=O)c1ccccc1)C(=O)OC(Cl)Cc1ccccc1. The van der Waals surface area contributed by atoms with Crippen molar-refractivity contribution in [2.24, 2.45) is 5.92 Å². The van der Waals surface area contributed by atoms with E-state index in [1.54, 1.807) is 55.5 Å². The van der Waals surface area contributed by atoms with Crippen LogP contribution in [0.15, 0.2) is 84.9 Å². The van der Waals surface area contributed by atoms with Crippen molar-refractivity contribution in [2.75, 3.05) is 5.32 Å². The van der Waals surface area contributed by atoms with E-state index in [1.165, 1.54) is 0 Å². The molecular formula is C26H24ClNO4. The molecule has 0 saturated heterocycles. The lowest BCUT2D eigenvalue weighted by molar-refractivity contribution is -0.153. The fraction of sp³-hybridized carbons (Fsp3) is 0.192. The lowest BCUT2D eigenvalue weighted by Crippen LogP contribution is -2.33. The second kappa shape index (κ2) is 11.3. The molecule has 6 heteroatoms. The zero-order chi connectivity index (χ0) is 22.9. The first-order chi connectivity index (χ1) is 15.5. The first-order valence-corrected chi connectivity index (χ1v) is 10.8. The summed E-state index contributed by atoms with van der Waals surface area (Å²) >= 11 is 6.19. The first-order valence-electron chi connectivity index (χ1n) is 10.4. The Kier molecular flexibility index (Phi) is 8.17. The Hall–Kier alpha value is -3.44. The van der Waals surface area contributed by atoms with Crippen molar-refractivity contribution >= 4 is 34.9 Å². The van der Waals surface area contributed by atoms with Crippen molar-refractivity contribution in [1.29, 1.82) is 0 Å². The van der Waals surface area contributed by atoms with E-state index in [0.29, 0.717) is 23.2 Å². The van der Waals surface area contributed by atoms with Crippen molar-refractivity contribution in [1.82, 2.24) is 0 Å². The molecule has 32 heavy (non-hydrogen) atoms. The highest BCUT2D eigenvalue weighted by atomic mass is 35.5. The Morgan fingerprint density at radius 1 is 0.875 bits per heavy atom. The number of nitrogens with one attached hydrogen (secondary N) is 1. The summed E-state index contributed by atoms with van der Waals surface area (Å²) in [4.78, 5) is 38.4. The van der Waals surface area contributed by atoms with Crippen LogP contribution >= 0.6 is 11.6 Å². The van der Waals surface area contributed by atoms with Gasteiger partial charge in [0.15, 0.2) is 11.3 Å². The molecule has 0 aliphatic rings. The van der Waals surface area contributed by atoms with Gasteiger partial charge in [-0.25, -0.2) is 0 Å². The van der Waals surface area contributed by atoms with Gasteiger partial charge < -0.3 is 10.1 Å². The van der Waals surface area contributed by atoms with E-state index in [1.807, 2.05) is 36.4 Å². The third kappa shape index (κ3) is 6.05. The number of anilines is 1. The highest BCUT2D eigenvalue weighted by molar-refractivity contribution is 6.20. The number of ether oxygens (including phenoxy) is 1. The van der Waals surface area contributed by atoms with Crippen LogP contribution < -0.4 is 5.32 Å². The molecule has 0 heterocycles. The number of ketones is 1. The van der Waals surface area contributed by atoms with Gasteiger partial charge in [-0.15, -0.1) is 0 Å². The van der Waals surface area contributed by atoms with E-state index in [-0.39, 0.29) is 12.2 Å². The average molecular weight is 450 g/mol. The molecule has 2 atom stereocenters. The number of benzene rings is 3. The number of esters is 1. The highest BCUT2D eigenvalue weighted by Gasteiger charge is 2.29. The summed E-state index contributed by atoms with van der Waals surface area (Å²) in [5.41, 5.74) is 1.22. The number of carbonyl (C=O) groups excluding carboxylic acids is 3. The zero-order valence-corrected chi connectivity index (χ0v) is 18.4.